The predicted octanol–water partition coefficient (Wildman–Crippen LogP) is 6.54. The van der Waals surface area contributed by atoms with Crippen LogP contribution in [0.1, 0.15) is 68.9 Å². The minimum atomic E-state index is -0.157. The topological polar surface area (TPSA) is 52.6 Å². The molecule has 4 nitrogen and oxygen atoms in total. The van der Waals surface area contributed by atoms with Crippen molar-refractivity contribution in [2.24, 2.45) is 0 Å². The maximum absolute atomic E-state index is 11.7. The van der Waals surface area contributed by atoms with E-state index in [0.29, 0.717) is 26.1 Å². The molecule has 0 aliphatic rings. The normalized spacial score (nSPS) is 10.8. The SMILES string of the molecule is O=C(CC/C=C/CCCCCCCC(=O)OCc1ccccc1)OCc1ccccc1. The monoisotopic (exact) mass is 422 g/mol. The summed E-state index contributed by atoms with van der Waals surface area (Å²) in [5.74, 6) is -0.273. The molecule has 0 unspecified atom stereocenters. The Morgan fingerprint density at radius 1 is 0.581 bits per heavy atom. The third kappa shape index (κ3) is 12.4. The number of benzene rings is 2. The predicted molar refractivity (Wildman–Crippen MR) is 123 cm³/mol. The first-order chi connectivity index (χ1) is 15.2. The number of rotatable bonds is 15. The molecule has 0 aliphatic carbocycles. The van der Waals surface area contributed by atoms with Gasteiger partial charge in [-0.25, -0.2) is 0 Å². The summed E-state index contributed by atoms with van der Waals surface area (Å²) in [5, 5.41) is 0. The molecule has 0 aromatic heterocycles. The number of ether oxygens (including phenoxy) is 2. The third-order valence-electron chi connectivity index (χ3n) is 4.92. The number of carbonyl (C=O) groups excluding carboxylic acids is 2. The van der Waals surface area contributed by atoms with Crippen molar-refractivity contribution in [1.29, 1.82) is 0 Å². The van der Waals surface area contributed by atoms with E-state index >= 15 is 0 Å². The van der Waals surface area contributed by atoms with E-state index in [1.54, 1.807) is 0 Å². The van der Waals surface area contributed by atoms with Crippen molar-refractivity contribution in [3.8, 4) is 0 Å². The fourth-order valence-corrected chi connectivity index (χ4v) is 3.12. The zero-order valence-electron chi connectivity index (χ0n) is 18.3. The number of esters is 2. The third-order valence-corrected chi connectivity index (χ3v) is 4.92. The van der Waals surface area contributed by atoms with Gasteiger partial charge in [0.15, 0.2) is 0 Å². The summed E-state index contributed by atoms with van der Waals surface area (Å²) in [5.41, 5.74) is 2.03. The number of allylic oxidation sites excluding steroid dienone is 2. The zero-order chi connectivity index (χ0) is 22.0. The van der Waals surface area contributed by atoms with Crippen LogP contribution in [0.5, 0.6) is 0 Å². The molecule has 0 saturated carbocycles. The van der Waals surface area contributed by atoms with Gasteiger partial charge in [-0.15, -0.1) is 0 Å². The first kappa shape index (κ1) is 24.4. The molecular weight excluding hydrogens is 388 g/mol. The second kappa shape index (κ2) is 15.9. The Kier molecular flexibility index (Phi) is 12.5. The van der Waals surface area contributed by atoms with E-state index in [1.807, 2.05) is 60.7 Å². The molecule has 0 amide bonds. The maximum Gasteiger partial charge on any atom is 0.306 e. The first-order valence-corrected chi connectivity index (χ1v) is 11.3. The summed E-state index contributed by atoms with van der Waals surface area (Å²) in [4.78, 5) is 23.5. The minimum Gasteiger partial charge on any atom is -0.461 e. The second-order valence-corrected chi connectivity index (χ2v) is 7.61. The molecule has 2 aromatic carbocycles. The van der Waals surface area contributed by atoms with Crippen LogP contribution in [0.4, 0.5) is 0 Å². The zero-order valence-corrected chi connectivity index (χ0v) is 18.3. The van der Waals surface area contributed by atoms with Crippen LogP contribution in [0.15, 0.2) is 72.8 Å². The average molecular weight is 423 g/mol. The van der Waals surface area contributed by atoms with Gasteiger partial charge >= 0.3 is 11.9 Å². The lowest BCUT2D eigenvalue weighted by molar-refractivity contribution is -0.145. The average Bonchev–Trinajstić information content (AvgIpc) is 2.81. The van der Waals surface area contributed by atoms with E-state index in [1.165, 1.54) is 0 Å². The number of hydrogen-bond donors (Lipinski definition) is 0. The summed E-state index contributed by atoms with van der Waals surface area (Å²) >= 11 is 0. The minimum absolute atomic E-state index is 0.117. The summed E-state index contributed by atoms with van der Waals surface area (Å²) in [6.07, 6.45) is 12.2. The van der Waals surface area contributed by atoms with Crippen molar-refractivity contribution in [2.75, 3.05) is 0 Å². The number of unbranched alkanes of at least 4 members (excludes halogenated alkanes) is 5. The van der Waals surface area contributed by atoms with Gasteiger partial charge in [0.1, 0.15) is 13.2 Å². The van der Waals surface area contributed by atoms with Crippen molar-refractivity contribution < 1.29 is 19.1 Å². The van der Waals surface area contributed by atoms with Crippen molar-refractivity contribution >= 4 is 11.9 Å². The van der Waals surface area contributed by atoms with Crippen LogP contribution in [0, 0.1) is 0 Å². The number of carbonyl (C=O) groups is 2. The molecule has 0 N–H and O–H groups in total. The molecule has 0 fully saturated rings. The lowest BCUT2D eigenvalue weighted by Gasteiger charge is -2.05. The van der Waals surface area contributed by atoms with Crippen LogP contribution in [0.2, 0.25) is 0 Å². The fourth-order valence-electron chi connectivity index (χ4n) is 3.12. The van der Waals surface area contributed by atoms with Gasteiger partial charge in [0.25, 0.3) is 0 Å². The lowest BCUT2D eigenvalue weighted by atomic mass is 10.1. The van der Waals surface area contributed by atoms with Gasteiger partial charge in [-0.1, -0.05) is 92.1 Å². The van der Waals surface area contributed by atoms with E-state index in [-0.39, 0.29) is 11.9 Å². The quantitative estimate of drug-likeness (QED) is 0.186. The summed E-state index contributed by atoms with van der Waals surface area (Å²) in [7, 11) is 0. The Balaban J connectivity index is 1.36. The summed E-state index contributed by atoms with van der Waals surface area (Å²) in [6.45, 7) is 0.699. The molecule has 0 saturated heterocycles. The number of hydrogen-bond acceptors (Lipinski definition) is 4. The van der Waals surface area contributed by atoms with Crippen molar-refractivity contribution in [3.63, 3.8) is 0 Å². The molecule has 0 spiro atoms. The molecule has 0 bridgehead atoms. The van der Waals surface area contributed by atoms with E-state index in [0.717, 1.165) is 56.1 Å². The smallest absolute Gasteiger partial charge is 0.306 e. The van der Waals surface area contributed by atoms with Crippen LogP contribution in [0.3, 0.4) is 0 Å². The molecule has 2 aromatic rings. The first-order valence-electron chi connectivity index (χ1n) is 11.3. The molecule has 2 rings (SSSR count). The Morgan fingerprint density at radius 2 is 1.06 bits per heavy atom. The van der Waals surface area contributed by atoms with E-state index in [2.05, 4.69) is 12.2 Å². The Hall–Kier alpha value is -2.88. The molecule has 0 radical (unpaired) electrons. The molecule has 4 heteroatoms. The van der Waals surface area contributed by atoms with E-state index < -0.39 is 0 Å². The van der Waals surface area contributed by atoms with Crippen LogP contribution in [0.25, 0.3) is 0 Å². The van der Waals surface area contributed by atoms with Crippen molar-refractivity contribution in [2.45, 2.75) is 71.0 Å². The fraction of sp³-hybridized carbons (Fsp3) is 0.407. The van der Waals surface area contributed by atoms with Gasteiger partial charge in [0.2, 0.25) is 0 Å². The molecule has 0 atom stereocenters. The van der Waals surface area contributed by atoms with Crippen molar-refractivity contribution in [3.05, 3.63) is 83.9 Å². The maximum atomic E-state index is 11.7. The molecule has 0 heterocycles. The van der Waals surface area contributed by atoms with Gasteiger partial charge in [-0.05, 0) is 36.8 Å². The molecule has 0 aliphatic heterocycles. The highest BCUT2D eigenvalue weighted by molar-refractivity contribution is 5.69. The van der Waals surface area contributed by atoms with Crippen LogP contribution in [-0.2, 0) is 32.3 Å². The molecule has 31 heavy (non-hydrogen) atoms. The Morgan fingerprint density at radius 3 is 1.68 bits per heavy atom. The van der Waals surface area contributed by atoms with Gasteiger partial charge in [-0.2, -0.15) is 0 Å². The Bertz CT molecular complexity index is 768. The van der Waals surface area contributed by atoms with E-state index in [9.17, 15) is 9.59 Å². The lowest BCUT2D eigenvalue weighted by Crippen LogP contribution is -2.04. The van der Waals surface area contributed by atoms with Gasteiger partial charge < -0.3 is 9.47 Å². The standard InChI is InChI=1S/C27H34O4/c28-26(30-22-24-16-10-8-11-17-24)20-14-6-4-2-1-3-5-7-15-21-27(29)31-23-25-18-12-9-13-19-25/h4,6,8-13,16-19H,1-3,5,7,14-15,20-23H2/b6-4+. The highest BCUT2D eigenvalue weighted by atomic mass is 16.5. The molecular formula is C27H34O4. The summed E-state index contributed by atoms with van der Waals surface area (Å²) in [6, 6.07) is 19.5. The van der Waals surface area contributed by atoms with Crippen LogP contribution < -0.4 is 0 Å². The van der Waals surface area contributed by atoms with Crippen LogP contribution >= 0.6 is 0 Å². The van der Waals surface area contributed by atoms with Gasteiger partial charge in [0, 0.05) is 12.8 Å². The van der Waals surface area contributed by atoms with Gasteiger partial charge in [-0.3, -0.25) is 9.59 Å². The molecule has 166 valence electrons. The second-order valence-electron chi connectivity index (χ2n) is 7.61. The van der Waals surface area contributed by atoms with E-state index in [4.69, 9.17) is 9.47 Å². The van der Waals surface area contributed by atoms with Crippen LogP contribution in [-0.4, -0.2) is 11.9 Å². The van der Waals surface area contributed by atoms with Gasteiger partial charge in [0.05, 0.1) is 0 Å². The largest absolute Gasteiger partial charge is 0.461 e. The summed E-state index contributed by atoms with van der Waals surface area (Å²) < 4.78 is 10.5. The highest BCUT2D eigenvalue weighted by Crippen LogP contribution is 2.10. The highest BCUT2D eigenvalue weighted by Gasteiger charge is 2.03. The van der Waals surface area contributed by atoms with Crippen molar-refractivity contribution in [1.82, 2.24) is 0 Å². The Labute approximate surface area is 186 Å².